The second kappa shape index (κ2) is 4.16. The Kier molecular flexibility index (Phi) is 4.43. The van der Waals surface area contributed by atoms with Crippen molar-refractivity contribution in [3.63, 3.8) is 0 Å². The highest BCUT2D eigenvalue weighted by atomic mass is 79.9. The molecule has 0 atom stereocenters. The van der Waals surface area contributed by atoms with Gasteiger partial charge in [-0.3, -0.25) is 0 Å². The molecule has 0 amide bonds. The van der Waals surface area contributed by atoms with Crippen molar-refractivity contribution in [3.05, 3.63) is 0 Å². The summed E-state index contributed by atoms with van der Waals surface area (Å²) < 4.78 is 43.4. The SMILES string of the molecule is CCS(=O)(=O)C(Br)(Br)S(=O)(=O)CC. The molecule has 0 spiro atoms. The van der Waals surface area contributed by atoms with Gasteiger partial charge < -0.3 is 0 Å². The quantitative estimate of drug-likeness (QED) is 0.710. The highest BCUT2D eigenvalue weighted by Crippen LogP contribution is 2.39. The molecule has 4 nitrogen and oxygen atoms in total. The highest BCUT2D eigenvalue weighted by molar-refractivity contribution is 9.30. The summed E-state index contributed by atoms with van der Waals surface area (Å²) in [5, 5.41) is 0. The Labute approximate surface area is 95.2 Å². The summed E-state index contributed by atoms with van der Waals surface area (Å²) >= 11 is 5.37. The molecule has 0 aliphatic rings. The molecule has 0 aromatic rings. The van der Waals surface area contributed by atoms with Crippen LogP contribution in [0.1, 0.15) is 13.8 Å². The van der Waals surface area contributed by atoms with Crippen molar-refractivity contribution in [2.24, 2.45) is 0 Å². The van der Waals surface area contributed by atoms with Crippen LogP contribution in [0.4, 0.5) is 0 Å². The van der Waals surface area contributed by atoms with E-state index in [0.29, 0.717) is 0 Å². The Morgan fingerprint density at radius 1 is 0.923 bits per heavy atom. The summed E-state index contributed by atoms with van der Waals surface area (Å²) in [5.41, 5.74) is 0. The van der Waals surface area contributed by atoms with E-state index in [4.69, 9.17) is 0 Å². The number of hydrogen-bond acceptors (Lipinski definition) is 4. The van der Waals surface area contributed by atoms with Crippen molar-refractivity contribution in [2.45, 2.75) is 15.7 Å². The normalized spacial score (nSPS) is 14.5. The van der Waals surface area contributed by atoms with E-state index < -0.39 is 21.6 Å². The van der Waals surface area contributed by atoms with E-state index in [0.717, 1.165) is 0 Å². The van der Waals surface area contributed by atoms with Crippen molar-refractivity contribution in [1.82, 2.24) is 0 Å². The zero-order valence-corrected chi connectivity index (χ0v) is 11.9. The van der Waals surface area contributed by atoms with Gasteiger partial charge in [-0.15, -0.1) is 0 Å². The summed E-state index contributed by atoms with van der Waals surface area (Å²) in [5.74, 6) is -0.495. The van der Waals surface area contributed by atoms with E-state index in [1.54, 1.807) is 0 Å². The zero-order valence-electron chi connectivity index (χ0n) is 7.12. The minimum Gasteiger partial charge on any atom is -0.225 e. The van der Waals surface area contributed by atoms with Crippen LogP contribution in [-0.2, 0) is 19.7 Å². The van der Waals surface area contributed by atoms with Gasteiger partial charge in [0.05, 0.1) is 11.5 Å². The first kappa shape index (κ1) is 13.9. The Morgan fingerprint density at radius 3 is 1.31 bits per heavy atom. The lowest BCUT2D eigenvalue weighted by molar-refractivity contribution is 0.585. The van der Waals surface area contributed by atoms with Crippen LogP contribution in [0.5, 0.6) is 0 Å². The van der Waals surface area contributed by atoms with Gasteiger partial charge in [0, 0.05) is 0 Å². The summed E-state index contributed by atoms with van der Waals surface area (Å²) in [4.78, 5) is 0. The maximum absolute atomic E-state index is 11.4. The highest BCUT2D eigenvalue weighted by Gasteiger charge is 2.48. The smallest absolute Gasteiger partial charge is 0.225 e. The van der Waals surface area contributed by atoms with E-state index in [2.05, 4.69) is 31.9 Å². The molecule has 0 unspecified atom stereocenters. The number of rotatable bonds is 4. The van der Waals surface area contributed by atoms with Crippen LogP contribution >= 0.6 is 31.9 Å². The molecule has 0 aromatic heterocycles. The Morgan fingerprint density at radius 2 is 1.15 bits per heavy atom. The minimum absolute atomic E-state index is 0.247. The van der Waals surface area contributed by atoms with Crippen LogP contribution in [0.15, 0.2) is 0 Å². The fourth-order valence-electron chi connectivity index (χ4n) is 0.530. The van der Waals surface area contributed by atoms with E-state index in [9.17, 15) is 16.8 Å². The van der Waals surface area contributed by atoms with Gasteiger partial charge in [0.1, 0.15) is 0 Å². The predicted octanol–water partition coefficient (Wildman–Crippen LogP) is 1.26. The van der Waals surface area contributed by atoms with Crippen LogP contribution in [-0.4, -0.2) is 30.2 Å². The lowest BCUT2D eigenvalue weighted by Crippen LogP contribution is -2.36. The van der Waals surface area contributed by atoms with E-state index in [-0.39, 0.29) is 11.5 Å². The molecule has 0 fully saturated rings. The molecule has 0 aromatic carbocycles. The van der Waals surface area contributed by atoms with E-state index in [1.165, 1.54) is 13.8 Å². The topological polar surface area (TPSA) is 68.3 Å². The van der Waals surface area contributed by atoms with Gasteiger partial charge in [-0.2, -0.15) is 0 Å². The maximum Gasteiger partial charge on any atom is 0.280 e. The van der Waals surface area contributed by atoms with Crippen LogP contribution in [0.2, 0.25) is 0 Å². The number of halogens is 2. The third-order valence-corrected chi connectivity index (χ3v) is 11.9. The molecule has 0 bridgehead atoms. The average molecular weight is 358 g/mol. The van der Waals surface area contributed by atoms with Crippen molar-refractivity contribution < 1.29 is 16.8 Å². The Hall–Kier alpha value is 0.860. The van der Waals surface area contributed by atoms with Crippen molar-refractivity contribution in [1.29, 1.82) is 0 Å². The zero-order chi connectivity index (χ0) is 10.9. The minimum atomic E-state index is -3.72. The summed E-state index contributed by atoms with van der Waals surface area (Å²) in [6.07, 6.45) is 0. The van der Waals surface area contributed by atoms with E-state index >= 15 is 0 Å². The Bertz CT molecular complexity index is 331. The van der Waals surface area contributed by atoms with Gasteiger partial charge in [-0.1, -0.05) is 13.8 Å². The van der Waals surface area contributed by atoms with E-state index in [1.807, 2.05) is 0 Å². The number of hydrogen-bond donors (Lipinski definition) is 0. The third kappa shape index (κ3) is 2.45. The molecule has 0 heterocycles. The predicted molar refractivity (Wildman–Crippen MR) is 59.5 cm³/mol. The van der Waals surface area contributed by atoms with Crippen LogP contribution in [0, 0.1) is 0 Å². The van der Waals surface area contributed by atoms with Gasteiger partial charge >= 0.3 is 0 Å². The largest absolute Gasteiger partial charge is 0.280 e. The molecule has 0 saturated carbocycles. The first-order valence-corrected chi connectivity index (χ1v) is 8.33. The second-order valence-corrected chi connectivity index (χ2v) is 12.9. The second-order valence-electron chi connectivity index (χ2n) is 2.27. The molecule has 0 N–H and O–H groups in total. The van der Waals surface area contributed by atoms with Gasteiger partial charge in [0.25, 0.3) is 1.90 Å². The number of alkyl halides is 2. The maximum atomic E-state index is 11.4. The fraction of sp³-hybridized carbons (Fsp3) is 1.00. The first-order chi connectivity index (χ1) is 5.62. The van der Waals surface area contributed by atoms with Crippen molar-refractivity contribution >= 4 is 51.5 Å². The summed E-state index contributed by atoms with van der Waals surface area (Å²) in [6, 6.07) is 0. The van der Waals surface area contributed by atoms with Crippen LogP contribution < -0.4 is 0 Å². The van der Waals surface area contributed by atoms with Crippen molar-refractivity contribution in [2.75, 3.05) is 11.5 Å². The van der Waals surface area contributed by atoms with Gasteiger partial charge in [-0.25, -0.2) is 16.8 Å². The van der Waals surface area contributed by atoms with Crippen LogP contribution in [0.3, 0.4) is 0 Å². The summed E-state index contributed by atoms with van der Waals surface area (Å²) in [7, 11) is -7.44. The van der Waals surface area contributed by atoms with Crippen LogP contribution in [0.25, 0.3) is 0 Å². The standard InChI is InChI=1S/C5H10Br2O4S2/c1-3-12(8,9)5(6,7)13(10,11)4-2/h3-4H2,1-2H3. The first-order valence-electron chi connectivity index (χ1n) is 3.44. The van der Waals surface area contributed by atoms with Gasteiger partial charge in [-0.05, 0) is 31.9 Å². The van der Waals surface area contributed by atoms with Gasteiger partial charge in [0.2, 0.25) is 0 Å². The molecular formula is C5H10Br2O4S2. The monoisotopic (exact) mass is 356 g/mol. The molecule has 13 heavy (non-hydrogen) atoms. The molecule has 0 rings (SSSR count). The fourth-order valence-corrected chi connectivity index (χ4v) is 6.20. The third-order valence-electron chi connectivity index (χ3n) is 1.48. The Balaban J connectivity index is 5.49. The number of sulfone groups is 2. The molecular weight excluding hydrogens is 348 g/mol. The molecule has 0 saturated heterocycles. The molecule has 8 heteroatoms. The summed E-state index contributed by atoms with van der Waals surface area (Å²) in [6.45, 7) is 2.77. The van der Waals surface area contributed by atoms with Crippen molar-refractivity contribution in [3.8, 4) is 0 Å². The lowest BCUT2D eigenvalue weighted by Gasteiger charge is -2.19. The van der Waals surface area contributed by atoms with Gasteiger partial charge in [0.15, 0.2) is 19.7 Å². The molecule has 0 aliphatic carbocycles. The molecule has 0 aliphatic heterocycles. The molecule has 0 radical (unpaired) electrons. The lowest BCUT2D eigenvalue weighted by atomic mass is 11.0. The average Bonchev–Trinajstić information content (AvgIpc) is 2.03. The molecule has 80 valence electrons.